The summed E-state index contributed by atoms with van der Waals surface area (Å²) < 4.78 is 2.38. The summed E-state index contributed by atoms with van der Waals surface area (Å²) in [6.45, 7) is 0. The summed E-state index contributed by atoms with van der Waals surface area (Å²) in [4.78, 5) is 2.38. The molecule has 0 saturated carbocycles. The molecular weight excluding hydrogens is 677 g/mol. The van der Waals surface area contributed by atoms with Crippen molar-refractivity contribution < 1.29 is 0 Å². The highest BCUT2D eigenvalue weighted by Crippen LogP contribution is 2.42. The largest absolute Gasteiger partial charge is 0.310 e. The standard InChI is InChI=1S/C54H38N2/c1-3-14-39(15-4-1)41-26-28-44(29-27-41)49-20-7-10-23-52(49)55(46-34-30-42(31-35-46)40-16-5-2-6-17-40)47-36-32-43(33-37-47)45-18-13-19-48(38-45)56-53-24-11-8-21-50(53)51-22-9-12-25-54(51)56/h1-38H. The number of nitrogens with zero attached hydrogens (tertiary/aromatic N) is 2. The normalized spacial score (nSPS) is 11.2. The van der Waals surface area contributed by atoms with E-state index in [9.17, 15) is 0 Å². The topological polar surface area (TPSA) is 8.17 Å². The van der Waals surface area contributed by atoms with Crippen molar-refractivity contribution in [2.75, 3.05) is 4.90 Å². The van der Waals surface area contributed by atoms with Crippen molar-refractivity contribution in [3.05, 3.63) is 231 Å². The predicted octanol–water partition coefficient (Wildman–Crippen LogP) is 14.9. The number of benzene rings is 9. The minimum absolute atomic E-state index is 1.09. The third-order valence-corrected chi connectivity index (χ3v) is 10.8. The second kappa shape index (κ2) is 14.4. The number of fused-ring (bicyclic) bond motifs is 3. The van der Waals surface area contributed by atoms with E-state index in [0.29, 0.717) is 0 Å². The van der Waals surface area contributed by atoms with Crippen molar-refractivity contribution in [1.82, 2.24) is 4.57 Å². The Bertz CT molecular complexity index is 2870. The van der Waals surface area contributed by atoms with E-state index in [1.165, 1.54) is 66.3 Å². The van der Waals surface area contributed by atoms with Crippen LogP contribution in [-0.2, 0) is 0 Å². The van der Waals surface area contributed by atoms with Crippen LogP contribution in [0, 0.1) is 0 Å². The Hall–Kier alpha value is -7.42. The van der Waals surface area contributed by atoms with Gasteiger partial charge in [0.25, 0.3) is 0 Å². The molecule has 1 heterocycles. The van der Waals surface area contributed by atoms with E-state index < -0.39 is 0 Å². The van der Waals surface area contributed by atoms with Crippen LogP contribution in [0.25, 0.3) is 72.0 Å². The van der Waals surface area contributed by atoms with Gasteiger partial charge in [-0.2, -0.15) is 0 Å². The Morgan fingerprint density at radius 1 is 0.286 bits per heavy atom. The van der Waals surface area contributed by atoms with Crippen molar-refractivity contribution in [3.8, 4) is 50.2 Å². The van der Waals surface area contributed by atoms with Crippen molar-refractivity contribution in [2.24, 2.45) is 0 Å². The van der Waals surface area contributed by atoms with Crippen LogP contribution in [0.3, 0.4) is 0 Å². The van der Waals surface area contributed by atoms with Crippen LogP contribution < -0.4 is 4.90 Å². The fourth-order valence-electron chi connectivity index (χ4n) is 8.07. The molecule has 0 aliphatic heterocycles. The maximum absolute atomic E-state index is 2.38. The Morgan fingerprint density at radius 3 is 1.27 bits per heavy atom. The van der Waals surface area contributed by atoms with Gasteiger partial charge in [-0.1, -0.05) is 176 Å². The molecule has 0 aliphatic rings. The summed E-state index contributed by atoms with van der Waals surface area (Å²) in [5, 5.41) is 2.53. The summed E-state index contributed by atoms with van der Waals surface area (Å²) >= 11 is 0. The highest BCUT2D eigenvalue weighted by molar-refractivity contribution is 6.09. The molecule has 0 fully saturated rings. The first-order valence-electron chi connectivity index (χ1n) is 19.2. The minimum atomic E-state index is 1.09. The maximum atomic E-state index is 2.38. The van der Waals surface area contributed by atoms with Gasteiger partial charge in [0.2, 0.25) is 0 Å². The molecule has 264 valence electrons. The monoisotopic (exact) mass is 714 g/mol. The average Bonchev–Trinajstić information content (AvgIpc) is 3.62. The molecule has 10 rings (SSSR count). The lowest BCUT2D eigenvalue weighted by Gasteiger charge is -2.28. The Labute approximate surface area is 327 Å². The number of rotatable bonds is 8. The van der Waals surface area contributed by atoms with Crippen LogP contribution in [0.15, 0.2) is 231 Å². The van der Waals surface area contributed by atoms with Gasteiger partial charge in [-0.05, 0) is 93.5 Å². The highest BCUT2D eigenvalue weighted by Gasteiger charge is 2.18. The van der Waals surface area contributed by atoms with Crippen LogP contribution in [0.2, 0.25) is 0 Å². The summed E-state index contributed by atoms with van der Waals surface area (Å²) in [5.74, 6) is 0. The SMILES string of the molecule is c1ccc(-c2ccc(-c3ccccc3N(c3ccc(-c4ccccc4)cc3)c3ccc(-c4cccc(-n5c6ccccc6c6ccccc65)c4)cc3)cc2)cc1. The Balaban J connectivity index is 1.05. The second-order valence-electron chi connectivity index (χ2n) is 14.2. The molecule has 0 N–H and O–H groups in total. The minimum Gasteiger partial charge on any atom is -0.310 e. The molecule has 0 radical (unpaired) electrons. The van der Waals surface area contributed by atoms with Gasteiger partial charge in [0.05, 0.1) is 16.7 Å². The summed E-state index contributed by atoms with van der Waals surface area (Å²) in [6, 6.07) is 83.0. The molecule has 0 saturated heterocycles. The molecule has 56 heavy (non-hydrogen) atoms. The maximum Gasteiger partial charge on any atom is 0.0541 e. The van der Waals surface area contributed by atoms with Gasteiger partial charge >= 0.3 is 0 Å². The highest BCUT2D eigenvalue weighted by atomic mass is 15.1. The number of hydrogen-bond donors (Lipinski definition) is 0. The zero-order valence-corrected chi connectivity index (χ0v) is 30.8. The molecule has 1 aromatic heterocycles. The van der Waals surface area contributed by atoms with Crippen LogP contribution in [-0.4, -0.2) is 4.57 Å². The molecular formula is C54H38N2. The van der Waals surface area contributed by atoms with Crippen LogP contribution in [0.1, 0.15) is 0 Å². The van der Waals surface area contributed by atoms with E-state index in [1.54, 1.807) is 0 Å². The molecule has 0 atom stereocenters. The fraction of sp³-hybridized carbons (Fsp3) is 0. The van der Waals surface area contributed by atoms with Crippen LogP contribution >= 0.6 is 0 Å². The van der Waals surface area contributed by atoms with Gasteiger partial charge in [0.15, 0.2) is 0 Å². The molecule has 0 aliphatic carbocycles. The number of aromatic nitrogens is 1. The molecule has 0 spiro atoms. The van der Waals surface area contributed by atoms with Crippen molar-refractivity contribution in [3.63, 3.8) is 0 Å². The first-order valence-corrected chi connectivity index (χ1v) is 19.2. The summed E-state index contributed by atoms with van der Waals surface area (Å²) in [5.41, 5.74) is 16.4. The van der Waals surface area contributed by atoms with Gasteiger partial charge in [0.1, 0.15) is 0 Å². The molecule has 0 bridgehead atoms. The van der Waals surface area contributed by atoms with Crippen molar-refractivity contribution in [1.29, 1.82) is 0 Å². The lowest BCUT2D eigenvalue weighted by atomic mass is 9.98. The quantitative estimate of drug-likeness (QED) is 0.152. The smallest absolute Gasteiger partial charge is 0.0541 e. The molecule has 2 nitrogen and oxygen atoms in total. The number of hydrogen-bond acceptors (Lipinski definition) is 1. The molecule has 0 unspecified atom stereocenters. The van der Waals surface area contributed by atoms with E-state index in [-0.39, 0.29) is 0 Å². The predicted molar refractivity (Wildman–Crippen MR) is 237 cm³/mol. The zero-order valence-electron chi connectivity index (χ0n) is 30.8. The van der Waals surface area contributed by atoms with Gasteiger partial charge < -0.3 is 9.47 Å². The Kier molecular flexibility index (Phi) is 8.55. The first kappa shape index (κ1) is 33.2. The molecule has 10 aromatic rings. The second-order valence-corrected chi connectivity index (χ2v) is 14.2. The number of para-hydroxylation sites is 3. The molecule has 2 heteroatoms. The van der Waals surface area contributed by atoms with Crippen LogP contribution in [0.4, 0.5) is 17.1 Å². The summed E-state index contributed by atoms with van der Waals surface area (Å²) in [6.07, 6.45) is 0. The third-order valence-electron chi connectivity index (χ3n) is 10.8. The Morgan fingerprint density at radius 2 is 0.696 bits per heavy atom. The third kappa shape index (κ3) is 6.14. The van der Waals surface area contributed by atoms with E-state index in [0.717, 1.165) is 22.7 Å². The van der Waals surface area contributed by atoms with E-state index >= 15 is 0 Å². The lowest BCUT2D eigenvalue weighted by molar-refractivity contribution is 1.18. The van der Waals surface area contributed by atoms with E-state index in [1.807, 2.05) is 0 Å². The fourth-order valence-corrected chi connectivity index (χ4v) is 8.07. The first-order chi connectivity index (χ1) is 27.8. The number of anilines is 3. The zero-order chi connectivity index (χ0) is 37.3. The van der Waals surface area contributed by atoms with Crippen molar-refractivity contribution >= 4 is 38.9 Å². The van der Waals surface area contributed by atoms with Crippen molar-refractivity contribution in [2.45, 2.75) is 0 Å². The summed E-state index contributed by atoms with van der Waals surface area (Å²) in [7, 11) is 0. The van der Waals surface area contributed by atoms with E-state index in [4.69, 9.17) is 0 Å². The molecule has 9 aromatic carbocycles. The lowest BCUT2D eigenvalue weighted by Crippen LogP contribution is -2.11. The van der Waals surface area contributed by atoms with Gasteiger partial charge in [0, 0.05) is 33.4 Å². The van der Waals surface area contributed by atoms with Gasteiger partial charge in [-0.15, -0.1) is 0 Å². The van der Waals surface area contributed by atoms with Crippen LogP contribution in [0.5, 0.6) is 0 Å². The van der Waals surface area contributed by atoms with Gasteiger partial charge in [-0.25, -0.2) is 0 Å². The van der Waals surface area contributed by atoms with Gasteiger partial charge in [-0.3, -0.25) is 0 Å². The van der Waals surface area contributed by atoms with E-state index in [2.05, 4.69) is 240 Å². The average molecular weight is 715 g/mol. The molecule has 0 amide bonds.